The summed E-state index contributed by atoms with van der Waals surface area (Å²) in [5.74, 6) is 0.852. The SMILES string of the molecule is COc1ccc2ccccc2c1-c1sc(N)nc1C. The van der Waals surface area contributed by atoms with Gasteiger partial charge in [0.2, 0.25) is 0 Å². The normalized spacial score (nSPS) is 10.8. The third kappa shape index (κ3) is 1.94. The highest BCUT2D eigenvalue weighted by molar-refractivity contribution is 7.19. The molecule has 0 amide bonds. The summed E-state index contributed by atoms with van der Waals surface area (Å²) in [7, 11) is 1.69. The van der Waals surface area contributed by atoms with Crippen molar-refractivity contribution < 1.29 is 4.74 Å². The number of nitrogen functional groups attached to an aromatic ring is 1. The van der Waals surface area contributed by atoms with Crippen molar-refractivity contribution in [3.8, 4) is 16.2 Å². The molecule has 3 nitrogen and oxygen atoms in total. The van der Waals surface area contributed by atoms with Crippen LogP contribution in [0, 0.1) is 6.92 Å². The van der Waals surface area contributed by atoms with E-state index in [0.29, 0.717) is 5.13 Å². The standard InChI is InChI=1S/C15H14N2OS/c1-9-14(19-15(16)17-9)13-11-6-4-3-5-10(11)7-8-12(13)18-2/h3-8H,1-2H3,(H2,16,17). The number of rotatable bonds is 2. The van der Waals surface area contributed by atoms with E-state index in [-0.39, 0.29) is 0 Å². The van der Waals surface area contributed by atoms with Crippen molar-refractivity contribution in [2.75, 3.05) is 12.8 Å². The number of nitrogens with zero attached hydrogens (tertiary/aromatic N) is 1. The van der Waals surface area contributed by atoms with Crippen LogP contribution in [0.2, 0.25) is 0 Å². The van der Waals surface area contributed by atoms with Crippen molar-refractivity contribution in [3.05, 3.63) is 42.1 Å². The van der Waals surface area contributed by atoms with E-state index < -0.39 is 0 Å². The zero-order valence-corrected chi connectivity index (χ0v) is 11.6. The Balaban J connectivity index is 2.40. The van der Waals surface area contributed by atoms with Gasteiger partial charge in [0, 0.05) is 5.56 Å². The highest BCUT2D eigenvalue weighted by atomic mass is 32.1. The van der Waals surface area contributed by atoms with E-state index in [9.17, 15) is 0 Å². The number of methoxy groups -OCH3 is 1. The van der Waals surface area contributed by atoms with Crippen molar-refractivity contribution in [2.45, 2.75) is 6.92 Å². The van der Waals surface area contributed by atoms with Gasteiger partial charge in [-0.05, 0) is 23.8 Å². The van der Waals surface area contributed by atoms with E-state index in [4.69, 9.17) is 10.5 Å². The van der Waals surface area contributed by atoms with Crippen LogP contribution in [0.5, 0.6) is 5.75 Å². The number of anilines is 1. The van der Waals surface area contributed by atoms with Gasteiger partial charge in [-0.15, -0.1) is 0 Å². The number of nitrogens with two attached hydrogens (primary N) is 1. The van der Waals surface area contributed by atoms with Gasteiger partial charge in [0.1, 0.15) is 5.75 Å². The fraction of sp³-hybridized carbons (Fsp3) is 0.133. The Morgan fingerprint density at radius 2 is 1.95 bits per heavy atom. The van der Waals surface area contributed by atoms with E-state index in [0.717, 1.165) is 27.3 Å². The van der Waals surface area contributed by atoms with Crippen LogP contribution >= 0.6 is 11.3 Å². The minimum Gasteiger partial charge on any atom is -0.496 e. The van der Waals surface area contributed by atoms with Gasteiger partial charge in [0.25, 0.3) is 0 Å². The van der Waals surface area contributed by atoms with Crippen molar-refractivity contribution in [3.63, 3.8) is 0 Å². The zero-order chi connectivity index (χ0) is 13.4. The largest absolute Gasteiger partial charge is 0.496 e. The second-order valence-electron chi connectivity index (χ2n) is 4.33. The van der Waals surface area contributed by atoms with E-state index >= 15 is 0 Å². The highest BCUT2D eigenvalue weighted by Crippen LogP contribution is 2.41. The Bertz CT molecular complexity index is 749. The monoisotopic (exact) mass is 270 g/mol. The molecule has 0 atom stereocenters. The molecule has 0 unspecified atom stereocenters. The fourth-order valence-corrected chi connectivity index (χ4v) is 3.20. The van der Waals surface area contributed by atoms with Crippen LogP contribution in [0.4, 0.5) is 5.13 Å². The van der Waals surface area contributed by atoms with E-state index in [1.807, 2.05) is 25.1 Å². The Hall–Kier alpha value is -2.07. The predicted octanol–water partition coefficient (Wildman–Crippen LogP) is 3.86. The average molecular weight is 270 g/mol. The molecule has 0 bridgehead atoms. The van der Waals surface area contributed by atoms with Gasteiger partial charge >= 0.3 is 0 Å². The zero-order valence-electron chi connectivity index (χ0n) is 10.8. The summed E-state index contributed by atoms with van der Waals surface area (Å²) >= 11 is 1.50. The van der Waals surface area contributed by atoms with Gasteiger partial charge in [0.05, 0.1) is 17.7 Å². The summed E-state index contributed by atoms with van der Waals surface area (Å²) in [6, 6.07) is 12.3. The smallest absolute Gasteiger partial charge is 0.180 e. The van der Waals surface area contributed by atoms with Crippen LogP contribution in [-0.4, -0.2) is 12.1 Å². The van der Waals surface area contributed by atoms with Crippen molar-refractivity contribution in [1.29, 1.82) is 0 Å². The first-order valence-electron chi connectivity index (χ1n) is 5.99. The number of ether oxygens (including phenoxy) is 1. The Kier molecular flexibility index (Phi) is 2.87. The molecule has 96 valence electrons. The van der Waals surface area contributed by atoms with Gasteiger partial charge in [-0.25, -0.2) is 4.98 Å². The molecule has 0 spiro atoms. The van der Waals surface area contributed by atoms with Crippen LogP contribution in [0.3, 0.4) is 0 Å². The third-order valence-corrected chi connectivity index (χ3v) is 4.15. The molecule has 0 saturated heterocycles. The molecule has 0 aliphatic heterocycles. The molecule has 3 aromatic rings. The molecule has 0 radical (unpaired) electrons. The number of fused-ring (bicyclic) bond motifs is 1. The first-order valence-corrected chi connectivity index (χ1v) is 6.81. The Labute approximate surface area is 115 Å². The predicted molar refractivity (Wildman–Crippen MR) is 80.8 cm³/mol. The van der Waals surface area contributed by atoms with Crippen molar-refractivity contribution >= 4 is 27.2 Å². The summed E-state index contributed by atoms with van der Waals surface area (Å²) < 4.78 is 5.51. The maximum absolute atomic E-state index is 5.82. The van der Waals surface area contributed by atoms with Crippen molar-refractivity contribution in [2.24, 2.45) is 0 Å². The molecule has 4 heteroatoms. The maximum atomic E-state index is 5.82. The van der Waals surface area contributed by atoms with Crippen LogP contribution in [0.1, 0.15) is 5.69 Å². The van der Waals surface area contributed by atoms with Crippen molar-refractivity contribution in [1.82, 2.24) is 4.98 Å². The van der Waals surface area contributed by atoms with E-state index in [2.05, 4.69) is 23.2 Å². The highest BCUT2D eigenvalue weighted by Gasteiger charge is 2.16. The number of aromatic nitrogens is 1. The number of benzene rings is 2. The minimum atomic E-state index is 0.586. The molecule has 3 rings (SSSR count). The number of hydrogen-bond acceptors (Lipinski definition) is 4. The summed E-state index contributed by atoms with van der Waals surface area (Å²) in [5.41, 5.74) is 7.84. The molecule has 0 aliphatic carbocycles. The molecule has 1 aromatic heterocycles. The molecule has 2 aromatic carbocycles. The number of thiazole rings is 1. The molecule has 0 aliphatic rings. The summed E-state index contributed by atoms with van der Waals surface area (Å²) in [5, 5.41) is 2.93. The molecule has 2 N–H and O–H groups in total. The molecule has 1 heterocycles. The lowest BCUT2D eigenvalue weighted by Gasteiger charge is -2.11. The van der Waals surface area contributed by atoms with Crippen LogP contribution < -0.4 is 10.5 Å². The van der Waals surface area contributed by atoms with Gasteiger partial charge in [-0.1, -0.05) is 41.7 Å². The fourth-order valence-electron chi connectivity index (χ4n) is 2.31. The molecular formula is C15H14N2OS. The molecule has 0 fully saturated rings. The molecule has 19 heavy (non-hydrogen) atoms. The first kappa shape index (κ1) is 12.0. The summed E-state index contributed by atoms with van der Waals surface area (Å²) in [6.45, 7) is 1.98. The maximum Gasteiger partial charge on any atom is 0.180 e. The average Bonchev–Trinajstić information content (AvgIpc) is 2.76. The number of hydrogen-bond donors (Lipinski definition) is 1. The first-order chi connectivity index (χ1) is 9.20. The topological polar surface area (TPSA) is 48.1 Å². The lowest BCUT2D eigenvalue weighted by molar-refractivity contribution is 0.417. The minimum absolute atomic E-state index is 0.586. The third-order valence-electron chi connectivity index (χ3n) is 3.15. The van der Waals surface area contributed by atoms with E-state index in [1.54, 1.807) is 7.11 Å². The quantitative estimate of drug-likeness (QED) is 0.769. The number of aryl methyl sites for hydroxylation is 1. The Morgan fingerprint density at radius 3 is 2.63 bits per heavy atom. The van der Waals surface area contributed by atoms with Crippen LogP contribution in [-0.2, 0) is 0 Å². The lowest BCUT2D eigenvalue weighted by Crippen LogP contribution is -1.89. The Morgan fingerprint density at radius 1 is 1.16 bits per heavy atom. The van der Waals surface area contributed by atoms with Gasteiger partial charge in [-0.2, -0.15) is 0 Å². The van der Waals surface area contributed by atoms with Crippen LogP contribution in [0.25, 0.3) is 21.2 Å². The van der Waals surface area contributed by atoms with E-state index in [1.165, 1.54) is 16.7 Å². The summed E-state index contributed by atoms with van der Waals surface area (Å²) in [6.07, 6.45) is 0. The second-order valence-corrected chi connectivity index (χ2v) is 5.36. The van der Waals surface area contributed by atoms with Crippen LogP contribution in [0.15, 0.2) is 36.4 Å². The van der Waals surface area contributed by atoms with Gasteiger partial charge in [-0.3, -0.25) is 0 Å². The van der Waals surface area contributed by atoms with Gasteiger partial charge in [0.15, 0.2) is 5.13 Å². The summed E-state index contributed by atoms with van der Waals surface area (Å²) in [4.78, 5) is 5.39. The van der Waals surface area contributed by atoms with Gasteiger partial charge < -0.3 is 10.5 Å². The lowest BCUT2D eigenvalue weighted by atomic mass is 10.0. The molecule has 0 saturated carbocycles. The molecular weight excluding hydrogens is 256 g/mol. The second kappa shape index (κ2) is 4.55.